The van der Waals surface area contributed by atoms with E-state index < -0.39 is 15.4 Å². The topological polar surface area (TPSA) is 83.7 Å². The minimum atomic E-state index is -3.72. The molecular formula is C21H26FN3O4S. The number of halogens is 1. The van der Waals surface area contributed by atoms with E-state index in [1.54, 1.807) is 30.9 Å². The van der Waals surface area contributed by atoms with Gasteiger partial charge in [-0.15, -0.1) is 0 Å². The van der Waals surface area contributed by atoms with Crippen LogP contribution in [0.1, 0.15) is 42.7 Å². The first-order chi connectivity index (χ1) is 14.3. The van der Waals surface area contributed by atoms with Crippen molar-refractivity contribution in [3.8, 4) is 0 Å². The fourth-order valence-corrected chi connectivity index (χ4v) is 6.49. The molecule has 0 radical (unpaired) electrons. The first kappa shape index (κ1) is 21.0. The van der Waals surface area contributed by atoms with Gasteiger partial charge >= 0.3 is 0 Å². The molecule has 4 rings (SSSR count). The summed E-state index contributed by atoms with van der Waals surface area (Å²) < 4.78 is 45.9. The molecule has 1 aromatic heterocycles. The normalized spacial score (nSPS) is 19.9. The Balaban J connectivity index is 1.52. The van der Waals surface area contributed by atoms with Crippen molar-refractivity contribution in [3.05, 3.63) is 47.1 Å². The van der Waals surface area contributed by atoms with Crippen molar-refractivity contribution in [2.45, 2.75) is 49.8 Å². The monoisotopic (exact) mass is 435 g/mol. The molecule has 0 spiro atoms. The zero-order valence-electron chi connectivity index (χ0n) is 17.2. The number of piperazine rings is 1. The lowest BCUT2D eigenvalue weighted by Gasteiger charge is -2.39. The van der Waals surface area contributed by atoms with Crippen molar-refractivity contribution in [1.82, 2.24) is 14.4 Å². The lowest BCUT2D eigenvalue weighted by Crippen LogP contribution is -2.55. The second-order valence-electron chi connectivity index (χ2n) is 8.15. The zero-order chi connectivity index (χ0) is 21.5. The molecule has 30 heavy (non-hydrogen) atoms. The molecule has 0 N–H and O–H groups in total. The molecule has 9 heteroatoms. The van der Waals surface area contributed by atoms with Crippen LogP contribution in [0.2, 0.25) is 0 Å². The Hall–Kier alpha value is -2.26. The number of amides is 1. The van der Waals surface area contributed by atoms with Crippen molar-refractivity contribution >= 4 is 15.9 Å². The van der Waals surface area contributed by atoms with Gasteiger partial charge in [0.25, 0.3) is 0 Å². The number of hydrogen-bond donors (Lipinski definition) is 0. The summed E-state index contributed by atoms with van der Waals surface area (Å²) in [6.45, 7) is 4.28. The van der Waals surface area contributed by atoms with Crippen LogP contribution in [0.25, 0.3) is 0 Å². The average molecular weight is 436 g/mol. The van der Waals surface area contributed by atoms with Gasteiger partial charge in [0.05, 0.1) is 5.41 Å². The number of carbonyl (C=O) groups excluding carboxylic acids is 1. The quantitative estimate of drug-likeness (QED) is 0.737. The van der Waals surface area contributed by atoms with Crippen molar-refractivity contribution in [3.63, 3.8) is 0 Å². The highest BCUT2D eigenvalue weighted by molar-refractivity contribution is 7.89. The largest absolute Gasteiger partial charge is 0.360 e. The van der Waals surface area contributed by atoms with Gasteiger partial charge in [-0.3, -0.25) is 4.79 Å². The molecule has 1 amide bonds. The number of benzene rings is 1. The zero-order valence-corrected chi connectivity index (χ0v) is 18.0. The second kappa shape index (κ2) is 7.77. The molecule has 162 valence electrons. The Bertz CT molecular complexity index is 1020. The predicted molar refractivity (Wildman–Crippen MR) is 108 cm³/mol. The summed E-state index contributed by atoms with van der Waals surface area (Å²) in [5.41, 5.74) is 0.542. The van der Waals surface area contributed by atoms with E-state index in [9.17, 15) is 17.6 Å². The van der Waals surface area contributed by atoms with Crippen molar-refractivity contribution in [2.24, 2.45) is 0 Å². The maximum absolute atomic E-state index is 13.5. The number of carbonyl (C=O) groups is 1. The van der Waals surface area contributed by atoms with Crippen LogP contribution in [-0.2, 0) is 20.2 Å². The average Bonchev–Trinajstić information content (AvgIpc) is 3.36. The summed E-state index contributed by atoms with van der Waals surface area (Å²) in [5, 5.41) is 3.75. The van der Waals surface area contributed by atoms with E-state index in [1.807, 2.05) is 0 Å². The number of aromatic nitrogens is 1. The van der Waals surface area contributed by atoms with Crippen LogP contribution in [0.15, 0.2) is 33.7 Å². The molecule has 1 saturated carbocycles. The summed E-state index contributed by atoms with van der Waals surface area (Å²) in [6, 6.07) is 6.21. The van der Waals surface area contributed by atoms with E-state index in [4.69, 9.17) is 4.52 Å². The molecule has 2 aliphatic rings. The van der Waals surface area contributed by atoms with Gasteiger partial charge in [0.1, 0.15) is 16.4 Å². The summed E-state index contributed by atoms with van der Waals surface area (Å²) in [7, 11) is -3.72. The van der Waals surface area contributed by atoms with Crippen molar-refractivity contribution in [1.29, 1.82) is 0 Å². The van der Waals surface area contributed by atoms with E-state index in [2.05, 4.69) is 5.16 Å². The third-order valence-corrected chi connectivity index (χ3v) is 8.50. The van der Waals surface area contributed by atoms with Crippen LogP contribution >= 0.6 is 0 Å². The molecule has 1 aliphatic carbocycles. The first-order valence-electron chi connectivity index (χ1n) is 10.2. The number of aryl methyl sites for hydroxylation is 2. The number of sulfonamides is 1. The fourth-order valence-electron chi connectivity index (χ4n) is 4.78. The van der Waals surface area contributed by atoms with E-state index in [-0.39, 0.29) is 35.5 Å². The van der Waals surface area contributed by atoms with Gasteiger partial charge in [-0.25, -0.2) is 12.8 Å². The Morgan fingerprint density at radius 3 is 2.20 bits per heavy atom. The molecule has 2 fully saturated rings. The molecule has 1 aliphatic heterocycles. The lowest BCUT2D eigenvalue weighted by atomic mass is 9.77. The Morgan fingerprint density at radius 1 is 1.07 bits per heavy atom. The predicted octanol–water partition coefficient (Wildman–Crippen LogP) is 2.78. The van der Waals surface area contributed by atoms with Gasteiger partial charge in [0.2, 0.25) is 15.9 Å². The molecule has 7 nitrogen and oxygen atoms in total. The van der Waals surface area contributed by atoms with Crippen LogP contribution in [0, 0.1) is 19.7 Å². The third-order valence-electron chi connectivity index (χ3n) is 6.35. The van der Waals surface area contributed by atoms with Gasteiger partial charge in [0, 0.05) is 26.2 Å². The van der Waals surface area contributed by atoms with Gasteiger partial charge in [-0.05, 0) is 44.4 Å². The van der Waals surface area contributed by atoms with E-state index in [0.717, 1.165) is 31.2 Å². The molecule has 2 heterocycles. The number of hydrogen-bond acceptors (Lipinski definition) is 5. The maximum atomic E-state index is 13.5. The highest BCUT2D eigenvalue weighted by atomic mass is 32.2. The Kier molecular flexibility index (Phi) is 5.44. The van der Waals surface area contributed by atoms with Gasteiger partial charge in [-0.1, -0.05) is 30.1 Å². The standard InChI is InChI=1S/C21H26FN3O4S/c1-15-19(16(2)29-23-15)30(27,28)25-13-11-24(12-14-25)20(26)21(9-3-4-10-21)17-5-7-18(22)8-6-17/h5-8H,3-4,9-14H2,1-2H3. The van der Waals surface area contributed by atoms with Crippen molar-refractivity contribution < 1.29 is 22.1 Å². The maximum Gasteiger partial charge on any atom is 0.248 e. The van der Waals surface area contributed by atoms with Crippen LogP contribution < -0.4 is 0 Å². The molecule has 2 aromatic rings. The molecule has 0 unspecified atom stereocenters. The minimum Gasteiger partial charge on any atom is -0.360 e. The molecule has 0 atom stereocenters. The van der Waals surface area contributed by atoms with Gasteiger partial charge < -0.3 is 9.42 Å². The smallest absolute Gasteiger partial charge is 0.248 e. The minimum absolute atomic E-state index is 0.0148. The molecule has 1 aromatic carbocycles. The summed E-state index contributed by atoms with van der Waals surface area (Å²) in [6.07, 6.45) is 3.36. The van der Waals surface area contributed by atoms with E-state index in [1.165, 1.54) is 16.4 Å². The lowest BCUT2D eigenvalue weighted by molar-refractivity contribution is -0.138. The van der Waals surface area contributed by atoms with Crippen LogP contribution in [0.5, 0.6) is 0 Å². The summed E-state index contributed by atoms with van der Waals surface area (Å²) in [4.78, 5) is 15.4. The molecule has 1 saturated heterocycles. The SMILES string of the molecule is Cc1noc(C)c1S(=O)(=O)N1CCN(C(=O)C2(c3ccc(F)cc3)CCCC2)CC1. The number of rotatable bonds is 4. The van der Waals surface area contributed by atoms with E-state index >= 15 is 0 Å². The Morgan fingerprint density at radius 2 is 1.67 bits per heavy atom. The van der Waals surface area contributed by atoms with Crippen LogP contribution in [0.3, 0.4) is 0 Å². The first-order valence-corrected chi connectivity index (χ1v) is 11.7. The van der Waals surface area contributed by atoms with E-state index in [0.29, 0.717) is 18.8 Å². The second-order valence-corrected chi connectivity index (χ2v) is 10.0. The van der Waals surface area contributed by atoms with Crippen LogP contribution in [0.4, 0.5) is 4.39 Å². The fraction of sp³-hybridized carbons (Fsp3) is 0.524. The van der Waals surface area contributed by atoms with Crippen molar-refractivity contribution in [2.75, 3.05) is 26.2 Å². The highest BCUT2D eigenvalue weighted by Gasteiger charge is 2.46. The summed E-state index contributed by atoms with van der Waals surface area (Å²) >= 11 is 0. The van der Waals surface area contributed by atoms with Gasteiger partial charge in [-0.2, -0.15) is 4.31 Å². The molecule has 0 bridgehead atoms. The third kappa shape index (κ3) is 3.43. The highest BCUT2D eigenvalue weighted by Crippen LogP contribution is 2.43. The van der Waals surface area contributed by atoms with Gasteiger partial charge in [0.15, 0.2) is 5.76 Å². The molecular weight excluding hydrogens is 409 g/mol. The Labute approximate surface area is 175 Å². The summed E-state index contributed by atoms with van der Waals surface area (Å²) in [5.74, 6) is -0.0364. The number of nitrogens with zero attached hydrogens (tertiary/aromatic N) is 3. The van der Waals surface area contributed by atoms with Crippen LogP contribution in [-0.4, -0.2) is 54.9 Å².